The van der Waals surface area contributed by atoms with Crippen molar-refractivity contribution in [3.63, 3.8) is 0 Å². The van der Waals surface area contributed by atoms with Crippen molar-refractivity contribution < 1.29 is 4.79 Å². The number of likely N-dealkylation sites (N-methyl/N-ethyl adjacent to an activating group) is 1. The number of carbonyl (C=O) groups excluding carboxylic acids is 1. The third kappa shape index (κ3) is 4.17. The minimum Gasteiger partial charge on any atom is -0.342 e. The van der Waals surface area contributed by atoms with E-state index in [1.165, 1.54) is 0 Å². The number of nitriles is 1. The summed E-state index contributed by atoms with van der Waals surface area (Å²) in [6, 6.07) is 2.67. The van der Waals surface area contributed by atoms with Gasteiger partial charge in [-0.25, -0.2) is 0 Å². The van der Waals surface area contributed by atoms with Crippen LogP contribution in [0.1, 0.15) is 25.7 Å². The van der Waals surface area contributed by atoms with Crippen LogP contribution >= 0.6 is 0 Å². The molecule has 0 saturated heterocycles. The molecule has 3 N–H and O–H groups in total. The number of hydrogen-bond acceptors (Lipinski definition) is 4. The average Bonchev–Trinajstić information content (AvgIpc) is 2.27. The first-order valence-electron chi connectivity index (χ1n) is 5.73. The van der Waals surface area contributed by atoms with E-state index in [0.717, 1.165) is 25.7 Å². The number of nitrogens with two attached hydrogens (primary N) is 1. The van der Waals surface area contributed by atoms with Gasteiger partial charge in [0.25, 0.3) is 0 Å². The predicted octanol–water partition coefficient (Wildman–Crippen LogP) is -0.172. The second kappa shape index (κ2) is 6.46. The van der Waals surface area contributed by atoms with Crippen LogP contribution in [-0.2, 0) is 4.79 Å². The topological polar surface area (TPSA) is 82.2 Å². The Bertz CT molecular complexity index is 266. The Morgan fingerprint density at radius 2 is 2.12 bits per heavy atom. The summed E-state index contributed by atoms with van der Waals surface area (Å²) in [5, 5.41) is 10.9. The van der Waals surface area contributed by atoms with E-state index in [0.29, 0.717) is 18.6 Å². The second-order valence-corrected chi connectivity index (χ2v) is 4.42. The largest absolute Gasteiger partial charge is 0.342 e. The van der Waals surface area contributed by atoms with Crippen LogP contribution in [0, 0.1) is 11.3 Å². The van der Waals surface area contributed by atoms with Crippen molar-refractivity contribution in [1.82, 2.24) is 10.2 Å². The maximum Gasteiger partial charge on any atom is 0.235 e. The molecule has 0 aromatic rings. The molecule has 1 amide bonds. The lowest BCUT2D eigenvalue weighted by Gasteiger charge is -2.32. The summed E-state index contributed by atoms with van der Waals surface area (Å²) in [5.74, 6) is -0.0843. The zero-order chi connectivity index (χ0) is 12.0. The summed E-state index contributed by atoms with van der Waals surface area (Å²) in [5.41, 5.74) is 5.83. The van der Waals surface area contributed by atoms with Gasteiger partial charge in [-0.15, -0.1) is 0 Å². The van der Waals surface area contributed by atoms with Crippen molar-refractivity contribution in [3.8, 4) is 6.07 Å². The summed E-state index contributed by atoms with van der Waals surface area (Å²) in [6.45, 7) is 0.448. The van der Waals surface area contributed by atoms with Crippen molar-refractivity contribution in [2.75, 3.05) is 20.1 Å². The molecule has 16 heavy (non-hydrogen) atoms. The molecule has 5 heteroatoms. The second-order valence-electron chi connectivity index (χ2n) is 4.42. The van der Waals surface area contributed by atoms with Crippen LogP contribution in [0.4, 0.5) is 0 Å². The lowest BCUT2D eigenvalue weighted by atomic mass is 9.91. The fourth-order valence-corrected chi connectivity index (χ4v) is 2.09. The molecule has 0 aliphatic heterocycles. The summed E-state index contributed by atoms with van der Waals surface area (Å²) < 4.78 is 0. The third-order valence-electron chi connectivity index (χ3n) is 3.12. The van der Waals surface area contributed by atoms with Crippen molar-refractivity contribution >= 4 is 5.91 Å². The highest BCUT2D eigenvalue weighted by Gasteiger charge is 2.22. The molecule has 5 nitrogen and oxygen atoms in total. The standard InChI is InChI=1S/C11H20N4O/c1-15(8-11(16)14-7-6-12)10-4-2-9(13)3-5-10/h9-10H,2-5,7-8,13H2,1H3,(H,14,16). The molecule has 0 bridgehead atoms. The molecule has 0 aromatic heterocycles. The van der Waals surface area contributed by atoms with E-state index >= 15 is 0 Å². The van der Waals surface area contributed by atoms with Crippen LogP contribution in [-0.4, -0.2) is 43.0 Å². The van der Waals surface area contributed by atoms with Crippen molar-refractivity contribution in [3.05, 3.63) is 0 Å². The highest BCUT2D eigenvalue weighted by molar-refractivity contribution is 5.78. The highest BCUT2D eigenvalue weighted by atomic mass is 16.2. The van der Waals surface area contributed by atoms with Gasteiger partial charge in [0.15, 0.2) is 0 Å². The Kier molecular flexibility index (Phi) is 5.23. The fourth-order valence-electron chi connectivity index (χ4n) is 2.09. The Morgan fingerprint density at radius 1 is 1.50 bits per heavy atom. The van der Waals surface area contributed by atoms with Gasteiger partial charge in [0.05, 0.1) is 12.6 Å². The first kappa shape index (κ1) is 12.9. The normalized spacial score (nSPS) is 25.1. The van der Waals surface area contributed by atoms with E-state index < -0.39 is 0 Å². The summed E-state index contributed by atoms with van der Waals surface area (Å²) in [6.07, 6.45) is 4.19. The first-order valence-corrected chi connectivity index (χ1v) is 5.73. The van der Waals surface area contributed by atoms with Gasteiger partial charge in [0.1, 0.15) is 6.54 Å². The molecular weight excluding hydrogens is 204 g/mol. The lowest BCUT2D eigenvalue weighted by Crippen LogP contribution is -2.43. The molecule has 0 unspecified atom stereocenters. The molecule has 1 fully saturated rings. The van der Waals surface area contributed by atoms with E-state index in [4.69, 9.17) is 11.0 Å². The van der Waals surface area contributed by atoms with Gasteiger partial charge in [-0.3, -0.25) is 9.69 Å². The fraction of sp³-hybridized carbons (Fsp3) is 0.818. The number of rotatable bonds is 4. The molecule has 1 rings (SSSR count). The van der Waals surface area contributed by atoms with Crippen LogP contribution in [0.25, 0.3) is 0 Å². The van der Waals surface area contributed by atoms with E-state index in [2.05, 4.69) is 10.2 Å². The summed E-state index contributed by atoms with van der Waals surface area (Å²) >= 11 is 0. The minimum absolute atomic E-state index is 0.0843. The molecule has 1 aliphatic carbocycles. The monoisotopic (exact) mass is 224 g/mol. The number of nitrogens with one attached hydrogen (secondary N) is 1. The quantitative estimate of drug-likeness (QED) is 0.649. The van der Waals surface area contributed by atoms with Crippen molar-refractivity contribution in [2.24, 2.45) is 5.73 Å². The molecule has 1 saturated carbocycles. The van der Waals surface area contributed by atoms with Gasteiger partial charge in [0.2, 0.25) is 5.91 Å². The van der Waals surface area contributed by atoms with Crippen LogP contribution in [0.15, 0.2) is 0 Å². The number of carbonyl (C=O) groups is 1. The molecule has 0 aromatic carbocycles. The van der Waals surface area contributed by atoms with Gasteiger partial charge < -0.3 is 11.1 Å². The summed E-state index contributed by atoms with van der Waals surface area (Å²) in [7, 11) is 1.95. The zero-order valence-corrected chi connectivity index (χ0v) is 9.78. The van der Waals surface area contributed by atoms with Crippen molar-refractivity contribution in [2.45, 2.75) is 37.8 Å². The van der Waals surface area contributed by atoms with Crippen LogP contribution in [0.5, 0.6) is 0 Å². The molecule has 1 aliphatic rings. The number of hydrogen-bond donors (Lipinski definition) is 2. The van der Waals surface area contributed by atoms with Gasteiger partial charge in [0, 0.05) is 12.1 Å². The van der Waals surface area contributed by atoms with Gasteiger partial charge in [-0.1, -0.05) is 0 Å². The smallest absolute Gasteiger partial charge is 0.235 e. The van der Waals surface area contributed by atoms with Gasteiger partial charge >= 0.3 is 0 Å². The molecule has 0 radical (unpaired) electrons. The lowest BCUT2D eigenvalue weighted by molar-refractivity contribution is -0.122. The van der Waals surface area contributed by atoms with Crippen LogP contribution in [0.3, 0.4) is 0 Å². The Labute approximate surface area is 96.6 Å². The minimum atomic E-state index is -0.0843. The summed E-state index contributed by atoms with van der Waals surface area (Å²) in [4.78, 5) is 13.4. The van der Waals surface area contributed by atoms with E-state index in [-0.39, 0.29) is 12.5 Å². The molecule has 0 atom stereocenters. The molecule has 0 spiro atoms. The first-order chi connectivity index (χ1) is 7.63. The molecule has 90 valence electrons. The zero-order valence-electron chi connectivity index (χ0n) is 9.78. The van der Waals surface area contributed by atoms with Crippen molar-refractivity contribution in [1.29, 1.82) is 5.26 Å². The average molecular weight is 224 g/mol. The predicted molar refractivity (Wildman–Crippen MR) is 61.5 cm³/mol. The van der Waals surface area contributed by atoms with E-state index in [1.54, 1.807) is 0 Å². The third-order valence-corrected chi connectivity index (χ3v) is 3.12. The Balaban J connectivity index is 2.26. The number of amides is 1. The number of nitrogens with zero attached hydrogens (tertiary/aromatic N) is 2. The maximum absolute atomic E-state index is 11.4. The maximum atomic E-state index is 11.4. The SMILES string of the molecule is CN(CC(=O)NCC#N)C1CCC(N)CC1. The molecule has 0 heterocycles. The Morgan fingerprint density at radius 3 is 2.69 bits per heavy atom. The van der Waals surface area contributed by atoms with Gasteiger partial charge in [-0.05, 0) is 32.7 Å². The molecular formula is C11H20N4O. The Hall–Kier alpha value is -1.12. The van der Waals surface area contributed by atoms with E-state index in [9.17, 15) is 4.79 Å². The van der Waals surface area contributed by atoms with Crippen LogP contribution in [0.2, 0.25) is 0 Å². The van der Waals surface area contributed by atoms with Crippen LogP contribution < -0.4 is 11.1 Å². The highest BCUT2D eigenvalue weighted by Crippen LogP contribution is 2.20. The van der Waals surface area contributed by atoms with Gasteiger partial charge in [-0.2, -0.15) is 5.26 Å². The van der Waals surface area contributed by atoms with E-state index in [1.807, 2.05) is 13.1 Å².